The van der Waals surface area contributed by atoms with Crippen LogP contribution < -0.4 is 0 Å². The SMILES string of the molecule is Cn1c(CC(O)CCc2ccccc2)nc2ccccc21. The molecular weight excluding hydrogens is 260 g/mol. The number of hydrogen-bond acceptors (Lipinski definition) is 2. The van der Waals surface area contributed by atoms with Crippen LogP contribution in [0.3, 0.4) is 0 Å². The first-order valence-corrected chi connectivity index (χ1v) is 7.36. The van der Waals surface area contributed by atoms with Gasteiger partial charge in [0.1, 0.15) is 5.82 Å². The molecule has 0 amide bonds. The lowest BCUT2D eigenvalue weighted by Crippen LogP contribution is -2.14. The average molecular weight is 280 g/mol. The van der Waals surface area contributed by atoms with E-state index in [0.29, 0.717) is 6.42 Å². The number of fused-ring (bicyclic) bond motifs is 1. The van der Waals surface area contributed by atoms with Crippen molar-refractivity contribution >= 4 is 11.0 Å². The molecule has 3 aromatic rings. The second-order valence-corrected chi connectivity index (χ2v) is 5.46. The van der Waals surface area contributed by atoms with Crippen molar-refractivity contribution in [3.05, 3.63) is 66.0 Å². The molecule has 0 fully saturated rings. The summed E-state index contributed by atoms with van der Waals surface area (Å²) in [6.07, 6.45) is 1.89. The van der Waals surface area contributed by atoms with Crippen LogP contribution in [0.2, 0.25) is 0 Å². The largest absolute Gasteiger partial charge is 0.393 e. The second kappa shape index (κ2) is 6.10. The van der Waals surface area contributed by atoms with E-state index < -0.39 is 0 Å². The Labute approximate surface area is 124 Å². The summed E-state index contributed by atoms with van der Waals surface area (Å²) in [7, 11) is 2.01. The molecule has 1 aromatic heterocycles. The highest BCUT2D eigenvalue weighted by Crippen LogP contribution is 2.16. The van der Waals surface area contributed by atoms with Gasteiger partial charge in [-0.3, -0.25) is 0 Å². The molecule has 108 valence electrons. The Morgan fingerprint density at radius 2 is 1.76 bits per heavy atom. The van der Waals surface area contributed by atoms with Gasteiger partial charge in [-0.05, 0) is 30.5 Å². The van der Waals surface area contributed by atoms with Gasteiger partial charge in [-0.1, -0.05) is 42.5 Å². The topological polar surface area (TPSA) is 38.0 Å². The Bertz CT molecular complexity index is 718. The Balaban J connectivity index is 1.66. The predicted molar refractivity (Wildman–Crippen MR) is 85.2 cm³/mol. The molecule has 3 heteroatoms. The van der Waals surface area contributed by atoms with E-state index in [1.807, 2.05) is 43.4 Å². The fourth-order valence-corrected chi connectivity index (χ4v) is 2.67. The number of hydrogen-bond donors (Lipinski definition) is 1. The number of rotatable bonds is 5. The molecule has 0 radical (unpaired) electrons. The minimum atomic E-state index is -0.360. The Hall–Kier alpha value is -2.13. The van der Waals surface area contributed by atoms with Gasteiger partial charge < -0.3 is 9.67 Å². The quantitative estimate of drug-likeness (QED) is 0.780. The summed E-state index contributed by atoms with van der Waals surface area (Å²) in [5.41, 5.74) is 3.37. The molecule has 0 spiro atoms. The van der Waals surface area contributed by atoms with E-state index in [1.165, 1.54) is 5.56 Å². The standard InChI is InChI=1S/C18H20N2O/c1-20-17-10-6-5-9-16(17)19-18(20)13-15(21)12-11-14-7-3-2-4-8-14/h2-10,15,21H,11-13H2,1H3. The fraction of sp³-hybridized carbons (Fsp3) is 0.278. The van der Waals surface area contributed by atoms with Crippen molar-refractivity contribution in [2.75, 3.05) is 0 Å². The van der Waals surface area contributed by atoms with Crippen LogP contribution in [0, 0.1) is 0 Å². The maximum Gasteiger partial charge on any atom is 0.112 e. The Morgan fingerprint density at radius 3 is 2.52 bits per heavy atom. The molecule has 2 aromatic carbocycles. The van der Waals surface area contributed by atoms with E-state index in [1.54, 1.807) is 0 Å². The van der Waals surface area contributed by atoms with Crippen LogP contribution in [-0.4, -0.2) is 20.8 Å². The molecule has 21 heavy (non-hydrogen) atoms. The number of aliphatic hydroxyl groups is 1. The molecule has 3 rings (SSSR count). The van der Waals surface area contributed by atoms with Crippen molar-refractivity contribution in [1.82, 2.24) is 9.55 Å². The molecule has 0 saturated heterocycles. The van der Waals surface area contributed by atoms with Gasteiger partial charge in [0, 0.05) is 13.5 Å². The first-order valence-electron chi connectivity index (χ1n) is 7.36. The Kier molecular flexibility index (Phi) is 4.02. The highest BCUT2D eigenvalue weighted by molar-refractivity contribution is 5.75. The van der Waals surface area contributed by atoms with Gasteiger partial charge in [0.25, 0.3) is 0 Å². The van der Waals surface area contributed by atoms with E-state index in [4.69, 9.17) is 0 Å². The summed E-state index contributed by atoms with van der Waals surface area (Å²) in [4.78, 5) is 4.61. The Morgan fingerprint density at radius 1 is 1.05 bits per heavy atom. The van der Waals surface area contributed by atoms with Gasteiger partial charge in [0.2, 0.25) is 0 Å². The van der Waals surface area contributed by atoms with Gasteiger partial charge >= 0.3 is 0 Å². The lowest BCUT2D eigenvalue weighted by Gasteiger charge is -2.10. The number of aryl methyl sites for hydroxylation is 2. The van der Waals surface area contributed by atoms with Crippen molar-refractivity contribution in [2.45, 2.75) is 25.4 Å². The molecule has 1 atom stereocenters. The number of para-hydroxylation sites is 2. The summed E-state index contributed by atoms with van der Waals surface area (Å²) in [6.45, 7) is 0. The van der Waals surface area contributed by atoms with Crippen LogP contribution in [0.4, 0.5) is 0 Å². The van der Waals surface area contributed by atoms with Crippen LogP contribution >= 0.6 is 0 Å². The molecule has 1 N–H and O–H groups in total. The van der Waals surface area contributed by atoms with Crippen molar-refractivity contribution in [1.29, 1.82) is 0 Å². The van der Waals surface area contributed by atoms with Crippen LogP contribution in [0.5, 0.6) is 0 Å². The number of benzene rings is 2. The highest BCUT2D eigenvalue weighted by Gasteiger charge is 2.12. The molecule has 0 aliphatic heterocycles. The number of imidazole rings is 1. The molecule has 0 aliphatic rings. The number of aromatic nitrogens is 2. The lowest BCUT2D eigenvalue weighted by atomic mass is 10.0. The highest BCUT2D eigenvalue weighted by atomic mass is 16.3. The number of aliphatic hydroxyl groups excluding tert-OH is 1. The molecule has 1 heterocycles. The first-order chi connectivity index (χ1) is 10.2. The summed E-state index contributed by atoms with van der Waals surface area (Å²) in [5, 5.41) is 10.3. The van der Waals surface area contributed by atoms with E-state index >= 15 is 0 Å². The van der Waals surface area contributed by atoms with Gasteiger partial charge in [0.05, 0.1) is 17.1 Å². The lowest BCUT2D eigenvalue weighted by molar-refractivity contribution is 0.162. The molecule has 1 unspecified atom stereocenters. The van der Waals surface area contributed by atoms with E-state index in [0.717, 1.165) is 29.7 Å². The summed E-state index contributed by atoms with van der Waals surface area (Å²) >= 11 is 0. The molecule has 0 aliphatic carbocycles. The zero-order valence-electron chi connectivity index (χ0n) is 12.2. The van der Waals surface area contributed by atoms with Gasteiger partial charge in [-0.2, -0.15) is 0 Å². The summed E-state index contributed by atoms with van der Waals surface area (Å²) in [6, 6.07) is 18.4. The predicted octanol–water partition coefficient (Wildman–Crippen LogP) is 3.11. The van der Waals surface area contributed by atoms with Crippen molar-refractivity contribution in [3.8, 4) is 0 Å². The third kappa shape index (κ3) is 3.14. The maximum atomic E-state index is 10.3. The minimum Gasteiger partial charge on any atom is -0.393 e. The van der Waals surface area contributed by atoms with E-state index in [2.05, 4.69) is 27.8 Å². The zero-order chi connectivity index (χ0) is 14.7. The summed E-state index contributed by atoms with van der Waals surface area (Å²) < 4.78 is 2.07. The summed E-state index contributed by atoms with van der Waals surface area (Å²) in [5.74, 6) is 0.941. The monoisotopic (exact) mass is 280 g/mol. The second-order valence-electron chi connectivity index (χ2n) is 5.46. The van der Waals surface area contributed by atoms with Crippen LogP contribution in [0.25, 0.3) is 11.0 Å². The fourth-order valence-electron chi connectivity index (χ4n) is 2.67. The van der Waals surface area contributed by atoms with Gasteiger partial charge in [0.15, 0.2) is 0 Å². The van der Waals surface area contributed by atoms with Crippen LogP contribution in [-0.2, 0) is 19.9 Å². The molecule has 0 saturated carbocycles. The van der Waals surface area contributed by atoms with Crippen LogP contribution in [0.15, 0.2) is 54.6 Å². The maximum absolute atomic E-state index is 10.3. The third-order valence-electron chi connectivity index (χ3n) is 3.91. The van der Waals surface area contributed by atoms with E-state index in [9.17, 15) is 5.11 Å². The van der Waals surface area contributed by atoms with Crippen LogP contribution in [0.1, 0.15) is 17.8 Å². The van der Waals surface area contributed by atoms with E-state index in [-0.39, 0.29) is 6.10 Å². The minimum absolute atomic E-state index is 0.360. The van der Waals surface area contributed by atoms with Crippen molar-refractivity contribution < 1.29 is 5.11 Å². The van der Waals surface area contributed by atoms with Gasteiger partial charge in [-0.15, -0.1) is 0 Å². The normalized spacial score (nSPS) is 12.7. The molecule has 0 bridgehead atoms. The smallest absolute Gasteiger partial charge is 0.112 e. The molecular formula is C18H20N2O. The third-order valence-corrected chi connectivity index (χ3v) is 3.91. The molecule has 3 nitrogen and oxygen atoms in total. The zero-order valence-corrected chi connectivity index (χ0v) is 12.2. The van der Waals surface area contributed by atoms with Gasteiger partial charge in [-0.25, -0.2) is 4.98 Å². The van der Waals surface area contributed by atoms with Crippen molar-refractivity contribution in [3.63, 3.8) is 0 Å². The first kappa shape index (κ1) is 13.8. The number of nitrogens with zero attached hydrogens (tertiary/aromatic N) is 2. The van der Waals surface area contributed by atoms with Crippen molar-refractivity contribution in [2.24, 2.45) is 7.05 Å². The average Bonchev–Trinajstić information content (AvgIpc) is 2.83.